The highest BCUT2D eigenvalue weighted by Crippen LogP contribution is 2.29. The molecule has 1 aliphatic rings. The molecule has 1 unspecified atom stereocenters. The molecule has 0 saturated carbocycles. The van der Waals surface area contributed by atoms with Crippen molar-refractivity contribution < 1.29 is 0 Å². The van der Waals surface area contributed by atoms with E-state index in [1.165, 1.54) is 48.8 Å². The van der Waals surface area contributed by atoms with Crippen molar-refractivity contribution >= 4 is 10.9 Å². The van der Waals surface area contributed by atoms with Crippen molar-refractivity contribution in [2.24, 2.45) is 0 Å². The number of nitrogens with zero attached hydrogens (tertiary/aromatic N) is 1. The van der Waals surface area contributed by atoms with Crippen molar-refractivity contribution in [1.82, 2.24) is 9.88 Å². The first kappa shape index (κ1) is 10.8. The molecule has 1 radical (unpaired) electrons. The molecule has 1 saturated heterocycles. The molecule has 1 N–H and O–H groups in total. The molecule has 1 fully saturated rings. The van der Waals surface area contributed by atoms with Gasteiger partial charge < -0.3 is 4.98 Å². The first-order valence-corrected chi connectivity index (χ1v) is 6.49. The monoisotopic (exact) mass is 227 g/mol. The average molecular weight is 227 g/mol. The Morgan fingerprint density at radius 1 is 1.12 bits per heavy atom. The smallest absolute Gasteiger partial charge is 0.0457 e. The van der Waals surface area contributed by atoms with Gasteiger partial charge in [-0.1, -0.05) is 24.6 Å². The van der Waals surface area contributed by atoms with Gasteiger partial charge in [-0.3, -0.25) is 4.90 Å². The van der Waals surface area contributed by atoms with Crippen LogP contribution in [0.4, 0.5) is 0 Å². The number of benzene rings is 1. The van der Waals surface area contributed by atoms with Gasteiger partial charge in [0.2, 0.25) is 0 Å². The third-order valence-electron chi connectivity index (χ3n) is 3.81. The highest BCUT2D eigenvalue weighted by molar-refractivity contribution is 5.83. The molecule has 0 spiro atoms. The quantitative estimate of drug-likeness (QED) is 0.831. The lowest BCUT2D eigenvalue weighted by atomic mass is 10.0. The largest absolute Gasteiger partial charge is 0.361 e. The Balaban J connectivity index is 1.92. The molecule has 3 rings (SSSR count). The molecule has 1 aromatic carbocycles. The SMILES string of the molecule is [CH2]C(c1c[nH]c2ccccc12)N1CCCCC1. The second-order valence-corrected chi connectivity index (χ2v) is 4.90. The standard InChI is InChI=1S/C15H19N2/c1-12(17-9-5-2-6-10-17)14-11-16-15-8-4-3-7-13(14)15/h3-4,7-8,11-12,16H,1-2,5-6,9-10H2. The summed E-state index contributed by atoms with van der Waals surface area (Å²) in [5.74, 6) is 0. The third-order valence-corrected chi connectivity index (χ3v) is 3.81. The number of likely N-dealkylation sites (tertiary alicyclic amines) is 1. The minimum Gasteiger partial charge on any atom is -0.361 e. The van der Waals surface area contributed by atoms with E-state index in [1.807, 2.05) is 0 Å². The number of hydrogen-bond acceptors (Lipinski definition) is 1. The zero-order valence-electron chi connectivity index (χ0n) is 10.2. The topological polar surface area (TPSA) is 19.0 Å². The van der Waals surface area contributed by atoms with Gasteiger partial charge in [-0.2, -0.15) is 0 Å². The average Bonchev–Trinajstić information content (AvgIpc) is 2.83. The fourth-order valence-corrected chi connectivity index (χ4v) is 2.80. The van der Waals surface area contributed by atoms with Gasteiger partial charge in [0.1, 0.15) is 0 Å². The molecule has 17 heavy (non-hydrogen) atoms. The Bertz CT molecular complexity index is 494. The van der Waals surface area contributed by atoms with Gasteiger partial charge >= 0.3 is 0 Å². The minimum atomic E-state index is 0.284. The maximum absolute atomic E-state index is 4.36. The Morgan fingerprint density at radius 2 is 1.88 bits per heavy atom. The van der Waals surface area contributed by atoms with E-state index in [0.717, 1.165) is 0 Å². The molecule has 0 bridgehead atoms. The van der Waals surface area contributed by atoms with Crippen LogP contribution in [0, 0.1) is 6.92 Å². The second-order valence-electron chi connectivity index (χ2n) is 4.90. The van der Waals surface area contributed by atoms with Crippen LogP contribution in [0.3, 0.4) is 0 Å². The van der Waals surface area contributed by atoms with Crippen LogP contribution in [0.2, 0.25) is 0 Å². The van der Waals surface area contributed by atoms with Crippen molar-refractivity contribution in [1.29, 1.82) is 0 Å². The van der Waals surface area contributed by atoms with Gasteiger partial charge in [-0.05, 0) is 44.5 Å². The van der Waals surface area contributed by atoms with Crippen molar-refractivity contribution in [2.75, 3.05) is 13.1 Å². The van der Waals surface area contributed by atoms with E-state index in [0.29, 0.717) is 0 Å². The van der Waals surface area contributed by atoms with E-state index in [-0.39, 0.29) is 6.04 Å². The normalized spacial score (nSPS) is 19.6. The van der Waals surface area contributed by atoms with Crippen LogP contribution >= 0.6 is 0 Å². The summed E-state index contributed by atoms with van der Waals surface area (Å²) in [6.45, 7) is 6.74. The lowest BCUT2D eigenvalue weighted by Crippen LogP contribution is -2.32. The van der Waals surface area contributed by atoms with Crippen LogP contribution < -0.4 is 0 Å². The van der Waals surface area contributed by atoms with Crippen molar-refractivity contribution in [2.45, 2.75) is 25.3 Å². The van der Waals surface area contributed by atoms with E-state index in [1.54, 1.807) is 0 Å². The summed E-state index contributed by atoms with van der Waals surface area (Å²) in [4.78, 5) is 5.84. The maximum atomic E-state index is 4.36. The third kappa shape index (κ3) is 1.98. The van der Waals surface area contributed by atoms with Gasteiger partial charge in [0, 0.05) is 23.1 Å². The first-order chi connectivity index (χ1) is 8.36. The maximum Gasteiger partial charge on any atom is 0.0457 e. The minimum absolute atomic E-state index is 0.284. The predicted octanol–water partition coefficient (Wildman–Crippen LogP) is 3.53. The fourth-order valence-electron chi connectivity index (χ4n) is 2.80. The number of aromatic nitrogens is 1. The molecular weight excluding hydrogens is 208 g/mol. The number of hydrogen-bond donors (Lipinski definition) is 1. The van der Waals surface area contributed by atoms with Crippen LogP contribution in [0.1, 0.15) is 30.9 Å². The molecule has 2 nitrogen and oxygen atoms in total. The molecule has 0 aliphatic carbocycles. The molecule has 2 aromatic rings. The number of rotatable bonds is 2. The van der Waals surface area contributed by atoms with Crippen molar-refractivity contribution in [3.8, 4) is 0 Å². The van der Waals surface area contributed by atoms with Crippen LogP contribution in [-0.4, -0.2) is 23.0 Å². The van der Waals surface area contributed by atoms with Crippen molar-refractivity contribution in [3.63, 3.8) is 0 Å². The van der Waals surface area contributed by atoms with E-state index in [4.69, 9.17) is 0 Å². The first-order valence-electron chi connectivity index (χ1n) is 6.49. The summed E-state index contributed by atoms with van der Waals surface area (Å²) in [7, 11) is 0. The zero-order chi connectivity index (χ0) is 11.7. The number of H-pyrrole nitrogens is 1. The zero-order valence-corrected chi connectivity index (χ0v) is 10.2. The second kappa shape index (κ2) is 4.53. The predicted molar refractivity (Wildman–Crippen MR) is 71.8 cm³/mol. The Hall–Kier alpha value is -1.28. The molecule has 1 atom stereocenters. The van der Waals surface area contributed by atoms with E-state index < -0.39 is 0 Å². The lowest BCUT2D eigenvalue weighted by molar-refractivity contribution is 0.191. The molecule has 1 aromatic heterocycles. The van der Waals surface area contributed by atoms with Crippen molar-refractivity contribution in [3.05, 3.63) is 42.9 Å². The molecule has 89 valence electrons. The van der Waals surface area contributed by atoms with Crippen LogP contribution in [0.5, 0.6) is 0 Å². The molecular formula is C15H19N2. The Morgan fingerprint density at radius 3 is 2.71 bits per heavy atom. The van der Waals surface area contributed by atoms with E-state index >= 15 is 0 Å². The van der Waals surface area contributed by atoms with Gasteiger partial charge in [0.15, 0.2) is 0 Å². The lowest BCUT2D eigenvalue weighted by Gasteiger charge is -2.32. The van der Waals surface area contributed by atoms with Gasteiger partial charge in [0.25, 0.3) is 0 Å². The van der Waals surface area contributed by atoms with Crippen LogP contribution in [0.25, 0.3) is 10.9 Å². The van der Waals surface area contributed by atoms with E-state index in [2.05, 4.69) is 47.3 Å². The highest BCUT2D eigenvalue weighted by Gasteiger charge is 2.20. The molecule has 1 aliphatic heterocycles. The summed E-state index contributed by atoms with van der Waals surface area (Å²) in [6, 6.07) is 8.77. The number of nitrogens with one attached hydrogen (secondary N) is 1. The molecule has 0 amide bonds. The van der Waals surface area contributed by atoms with Gasteiger partial charge in [-0.25, -0.2) is 0 Å². The fraction of sp³-hybridized carbons (Fsp3) is 0.400. The Kier molecular flexibility index (Phi) is 2.89. The van der Waals surface area contributed by atoms with Gasteiger partial charge in [0.05, 0.1) is 0 Å². The molecule has 2 heteroatoms. The summed E-state index contributed by atoms with van der Waals surface area (Å²) in [5, 5.41) is 1.32. The van der Waals surface area contributed by atoms with Gasteiger partial charge in [-0.15, -0.1) is 0 Å². The number of piperidine rings is 1. The highest BCUT2D eigenvalue weighted by atomic mass is 15.2. The molecule has 2 heterocycles. The summed E-state index contributed by atoms with van der Waals surface area (Å²) < 4.78 is 0. The van der Waals surface area contributed by atoms with Crippen LogP contribution in [-0.2, 0) is 0 Å². The summed E-state index contributed by atoms with van der Waals surface area (Å²) >= 11 is 0. The van der Waals surface area contributed by atoms with E-state index in [9.17, 15) is 0 Å². The summed E-state index contributed by atoms with van der Waals surface area (Å²) in [5.41, 5.74) is 2.55. The number of para-hydroxylation sites is 1. The van der Waals surface area contributed by atoms with Crippen LogP contribution in [0.15, 0.2) is 30.5 Å². The Labute approximate surface area is 103 Å². The summed E-state index contributed by atoms with van der Waals surface area (Å²) in [6.07, 6.45) is 6.12. The number of aromatic amines is 1. The number of fused-ring (bicyclic) bond motifs is 1.